The number of hydrogen-bond donors (Lipinski definition) is 3. The molecule has 32 heavy (non-hydrogen) atoms. The minimum atomic E-state index is -0.432. The maximum atomic E-state index is 12.9. The van der Waals surface area contributed by atoms with Crippen molar-refractivity contribution in [3.8, 4) is 0 Å². The maximum Gasteiger partial charge on any atom is 0.482 e. The summed E-state index contributed by atoms with van der Waals surface area (Å²) in [6.07, 6.45) is 6.62. The molecule has 6 rings (SSSR count). The zero-order chi connectivity index (χ0) is 22.3. The molecule has 174 valence electrons. The fourth-order valence-electron chi connectivity index (χ4n) is 6.69. The molecule has 2 saturated heterocycles. The van der Waals surface area contributed by atoms with Crippen molar-refractivity contribution in [2.45, 2.75) is 83.0 Å². The number of nitrogens with one attached hydrogen (secondary N) is 3. The second-order valence-corrected chi connectivity index (χ2v) is 11.1. The van der Waals surface area contributed by atoms with E-state index in [9.17, 15) is 4.79 Å². The van der Waals surface area contributed by atoms with Gasteiger partial charge in [-0.15, -0.1) is 0 Å². The summed E-state index contributed by atoms with van der Waals surface area (Å²) in [5, 5.41) is 9.75. The van der Waals surface area contributed by atoms with Crippen molar-refractivity contribution in [3.05, 3.63) is 35.9 Å². The van der Waals surface area contributed by atoms with E-state index in [0.717, 1.165) is 19.4 Å². The first-order valence-corrected chi connectivity index (χ1v) is 12.5. The largest absolute Gasteiger partial charge is 0.482 e. The van der Waals surface area contributed by atoms with Gasteiger partial charge in [-0.1, -0.05) is 50.6 Å². The average molecular weight is 439 g/mol. The van der Waals surface area contributed by atoms with Crippen molar-refractivity contribution < 1.29 is 14.1 Å². The van der Waals surface area contributed by atoms with Gasteiger partial charge in [-0.25, -0.2) is 4.79 Å². The first kappa shape index (κ1) is 22.2. The van der Waals surface area contributed by atoms with Gasteiger partial charge in [-0.2, -0.15) is 0 Å². The van der Waals surface area contributed by atoms with Crippen LogP contribution in [-0.2, 0) is 15.7 Å². The topological polar surface area (TPSA) is 71.6 Å². The fraction of sp³-hybridized carbons (Fsp3) is 0.720. The second kappa shape index (κ2) is 8.66. The summed E-state index contributed by atoms with van der Waals surface area (Å²) in [4.78, 5) is 12.9. The van der Waals surface area contributed by atoms with Crippen molar-refractivity contribution in [1.82, 2.24) is 16.0 Å². The Morgan fingerprint density at radius 2 is 2.03 bits per heavy atom. The highest BCUT2D eigenvalue weighted by atomic mass is 16.7. The molecule has 0 radical (unpaired) electrons. The van der Waals surface area contributed by atoms with Crippen molar-refractivity contribution in [2.24, 2.45) is 17.3 Å². The summed E-state index contributed by atoms with van der Waals surface area (Å²) < 4.78 is 13.2. The molecule has 2 aliphatic heterocycles. The van der Waals surface area contributed by atoms with Gasteiger partial charge in [-0.05, 0) is 68.4 Å². The van der Waals surface area contributed by atoms with Gasteiger partial charge in [-0.3, -0.25) is 0 Å². The predicted molar refractivity (Wildman–Crippen MR) is 126 cm³/mol. The third kappa shape index (κ3) is 4.08. The Balaban J connectivity index is 1.27. The van der Waals surface area contributed by atoms with Crippen LogP contribution in [0, 0.1) is 17.3 Å². The van der Waals surface area contributed by atoms with Gasteiger partial charge in [0.25, 0.3) is 0 Å². The first-order valence-electron chi connectivity index (χ1n) is 12.5. The monoisotopic (exact) mass is 439 g/mol. The molecule has 1 aromatic rings. The summed E-state index contributed by atoms with van der Waals surface area (Å²) in [7, 11) is -0.432. The number of piperidine rings is 1. The standard InChI is InChI=1S/C25H38BN3O3/c1-24(2)18-14-20(24)25(3)21(15-18)31-26(32-25)22(13-17-9-5-4-6-10-17)29-23(30)28-16-19-11-7-8-12-27-19/h4-6,9-10,18-22,27H,7-8,11-16H2,1-3H3,(H2,28,29,30)/t18?,19-,20?,21+,22-,25-/m0/s1. The molecule has 0 spiro atoms. The van der Waals surface area contributed by atoms with Gasteiger partial charge < -0.3 is 25.3 Å². The predicted octanol–water partition coefficient (Wildman–Crippen LogP) is 3.31. The second-order valence-electron chi connectivity index (χ2n) is 11.1. The molecule has 2 amide bonds. The quantitative estimate of drug-likeness (QED) is 0.595. The van der Waals surface area contributed by atoms with E-state index in [-0.39, 0.29) is 23.7 Å². The minimum Gasteiger partial charge on any atom is -0.404 e. The Hall–Kier alpha value is -1.57. The van der Waals surface area contributed by atoms with E-state index in [4.69, 9.17) is 9.31 Å². The number of benzene rings is 1. The maximum absolute atomic E-state index is 12.9. The highest BCUT2D eigenvalue weighted by molar-refractivity contribution is 6.48. The molecule has 1 aromatic carbocycles. The number of carbonyl (C=O) groups is 1. The van der Waals surface area contributed by atoms with Crippen LogP contribution in [0.5, 0.6) is 0 Å². The molecular formula is C25H38BN3O3. The molecule has 3 saturated carbocycles. The summed E-state index contributed by atoms with van der Waals surface area (Å²) in [6, 6.07) is 10.5. The van der Waals surface area contributed by atoms with Crippen LogP contribution in [0.2, 0.25) is 0 Å². The van der Waals surface area contributed by atoms with Crippen LogP contribution >= 0.6 is 0 Å². The Bertz CT molecular complexity index is 816. The minimum absolute atomic E-state index is 0.110. The first-order chi connectivity index (χ1) is 15.4. The zero-order valence-corrected chi connectivity index (χ0v) is 19.7. The van der Waals surface area contributed by atoms with Gasteiger partial charge in [0.05, 0.1) is 17.6 Å². The lowest BCUT2D eigenvalue weighted by atomic mass is 9.43. The molecule has 2 bridgehead atoms. The van der Waals surface area contributed by atoms with E-state index in [1.807, 2.05) is 18.2 Å². The molecule has 0 aromatic heterocycles. The van der Waals surface area contributed by atoms with Gasteiger partial charge in [0.2, 0.25) is 0 Å². The third-order valence-electron chi connectivity index (χ3n) is 8.83. The number of urea groups is 1. The molecular weight excluding hydrogens is 401 g/mol. The SMILES string of the molecule is CC1(C)C2CC1[C@]1(C)OB([C@H](Cc3ccccc3)NC(=O)NC[C@@H]3CCCCN3)O[C@@H]1C2. The van der Waals surface area contributed by atoms with E-state index in [1.54, 1.807) is 0 Å². The van der Waals surface area contributed by atoms with Crippen LogP contribution < -0.4 is 16.0 Å². The molecule has 5 fully saturated rings. The number of amides is 2. The molecule has 3 N–H and O–H groups in total. The van der Waals surface area contributed by atoms with Crippen molar-refractivity contribution >= 4 is 13.1 Å². The molecule has 3 aliphatic carbocycles. The Morgan fingerprint density at radius 3 is 2.75 bits per heavy atom. The summed E-state index contributed by atoms with van der Waals surface area (Å²) in [5.74, 6) is 0.978. The molecule has 2 heterocycles. The van der Waals surface area contributed by atoms with Crippen molar-refractivity contribution in [1.29, 1.82) is 0 Å². The Labute approximate surface area is 192 Å². The van der Waals surface area contributed by atoms with E-state index in [1.165, 1.54) is 24.8 Å². The van der Waals surface area contributed by atoms with Gasteiger partial charge >= 0.3 is 13.1 Å². The number of hydrogen-bond acceptors (Lipinski definition) is 4. The summed E-state index contributed by atoms with van der Waals surface area (Å²) in [5.41, 5.74) is 1.20. The van der Waals surface area contributed by atoms with Crippen LogP contribution in [-0.4, -0.2) is 49.9 Å². The van der Waals surface area contributed by atoms with Crippen LogP contribution in [0.3, 0.4) is 0 Å². The van der Waals surface area contributed by atoms with E-state index in [0.29, 0.717) is 36.3 Å². The third-order valence-corrected chi connectivity index (χ3v) is 8.83. The van der Waals surface area contributed by atoms with Gasteiger partial charge in [0, 0.05) is 12.6 Å². The number of carbonyl (C=O) groups excluding carboxylic acids is 1. The van der Waals surface area contributed by atoms with Crippen molar-refractivity contribution in [3.63, 3.8) is 0 Å². The smallest absolute Gasteiger partial charge is 0.404 e. The summed E-state index contributed by atoms with van der Waals surface area (Å²) in [6.45, 7) is 8.65. The average Bonchev–Trinajstić information content (AvgIpc) is 3.16. The van der Waals surface area contributed by atoms with Crippen LogP contribution in [0.15, 0.2) is 30.3 Å². The summed E-state index contributed by atoms with van der Waals surface area (Å²) >= 11 is 0. The van der Waals surface area contributed by atoms with Gasteiger partial charge in [0.1, 0.15) is 0 Å². The van der Waals surface area contributed by atoms with Crippen LogP contribution in [0.4, 0.5) is 4.79 Å². The van der Waals surface area contributed by atoms with Crippen molar-refractivity contribution in [2.75, 3.05) is 13.1 Å². The molecule has 5 aliphatic rings. The Morgan fingerprint density at radius 1 is 1.22 bits per heavy atom. The lowest BCUT2D eigenvalue weighted by molar-refractivity contribution is -0.199. The lowest BCUT2D eigenvalue weighted by Crippen LogP contribution is -2.65. The molecule has 2 unspecified atom stereocenters. The van der Waals surface area contributed by atoms with Gasteiger partial charge in [0.15, 0.2) is 0 Å². The molecule has 7 heteroatoms. The normalized spacial score (nSPS) is 36.0. The Kier molecular flexibility index (Phi) is 6.02. The van der Waals surface area contributed by atoms with E-state index < -0.39 is 7.12 Å². The molecule has 6 atom stereocenters. The molecule has 6 nitrogen and oxygen atoms in total. The van der Waals surface area contributed by atoms with Crippen LogP contribution in [0.1, 0.15) is 58.4 Å². The number of rotatable bonds is 6. The van der Waals surface area contributed by atoms with Crippen LogP contribution in [0.25, 0.3) is 0 Å². The highest BCUT2D eigenvalue weighted by Crippen LogP contribution is 2.65. The van der Waals surface area contributed by atoms with E-state index >= 15 is 0 Å². The van der Waals surface area contributed by atoms with E-state index in [2.05, 4.69) is 48.9 Å². The fourth-order valence-corrected chi connectivity index (χ4v) is 6.69. The lowest BCUT2D eigenvalue weighted by Gasteiger charge is -2.64. The highest BCUT2D eigenvalue weighted by Gasteiger charge is 2.68. The zero-order valence-electron chi connectivity index (χ0n) is 19.7.